The van der Waals surface area contributed by atoms with Crippen LogP contribution in [0.25, 0.3) is 5.65 Å². The van der Waals surface area contributed by atoms with Crippen molar-refractivity contribution in [2.24, 2.45) is 0 Å². The first-order valence-electron chi connectivity index (χ1n) is 13.9. The van der Waals surface area contributed by atoms with Gasteiger partial charge < -0.3 is 19.1 Å². The SMILES string of the molecule is CCc1cc2nn(CC(=O)c3cc(N4CCOCC4)c(OC)c(C(C)(C)C)c3)c(=N)n2nc1OC(CC)CC. The highest BCUT2D eigenvalue weighted by Crippen LogP contribution is 2.40. The van der Waals surface area contributed by atoms with Crippen molar-refractivity contribution in [2.45, 2.75) is 78.9 Å². The van der Waals surface area contributed by atoms with Gasteiger partial charge in [0, 0.05) is 29.8 Å². The number of hydrogen-bond donors (Lipinski definition) is 1. The lowest BCUT2D eigenvalue weighted by Crippen LogP contribution is -2.37. The number of fused-ring (bicyclic) bond motifs is 1. The van der Waals surface area contributed by atoms with Crippen molar-refractivity contribution in [3.8, 4) is 11.6 Å². The van der Waals surface area contributed by atoms with Crippen molar-refractivity contribution >= 4 is 17.1 Å². The number of carbonyl (C=O) groups is 1. The van der Waals surface area contributed by atoms with E-state index < -0.39 is 0 Å². The van der Waals surface area contributed by atoms with Crippen molar-refractivity contribution in [1.82, 2.24) is 19.4 Å². The molecule has 0 amide bonds. The summed E-state index contributed by atoms with van der Waals surface area (Å²) in [6, 6.07) is 5.71. The highest BCUT2D eigenvalue weighted by atomic mass is 16.5. The summed E-state index contributed by atoms with van der Waals surface area (Å²) in [5, 5.41) is 17.9. The van der Waals surface area contributed by atoms with Gasteiger partial charge in [-0.25, -0.2) is 4.68 Å². The summed E-state index contributed by atoms with van der Waals surface area (Å²) < 4.78 is 20.4. The summed E-state index contributed by atoms with van der Waals surface area (Å²) in [6.45, 7) is 15.2. The smallest absolute Gasteiger partial charge is 0.242 e. The summed E-state index contributed by atoms with van der Waals surface area (Å²) in [4.78, 5) is 15.9. The highest BCUT2D eigenvalue weighted by molar-refractivity contribution is 5.97. The number of morpholine rings is 1. The number of anilines is 1. The van der Waals surface area contributed by atoms with Crippen LogP contribution in [0.15, 0.2) is 18.2 Å². The second-order valence-electron chi connectivity index (χ2n) is 11.0. The van der Waals surface area contributed by atoms with Crippen LogP contribution < -0.4 is 20.0 Å². The van der Waals surface area contributed by atoms with E-state index in [0.29, 0.717) is 30.3 Å². The molecule has 1 saturated heterocycles. The zero-order valence-electron chi connectivity index (χ0n) is 24.3. The molecule has 10 heteroatoms. The van der Waals surface area contributed by atoms with Crippen LogP contribution in [-0.4, -0.2) is 64.7 Å². The molecule has 2 aromatic heterocycles. The number of nitrogens with one attached hydrogen (secondary N) is 1. The molecule has 1 N–H and O–H groups in total. The van der Waals surface area contributed by atoms with Gasteiger partial charge in [-0.05, 0) is 42.9 Å². The van der Waals surface area contributed by atoms with Crippen LogP contribution in [0.4, 0.5) is 5.69 Å². The molecule has 1 aliphatic rings. The molecule has 39 heavy (non-hydrogen) atoms. The molecule has 0 bridgehead atoms. The Balaban J connectivity index is 1.72. The monoisotopic (exact) mass is 538 g/mol. The molecule has 0 saturated carbocycles. The number of aromatic nitrogens is 4. The molecular weight excluding hydrogens is 496 g/mol. The number of carbonyl (C=O) groups excluding carboxylic acids is 1. The summed E-state index contributed by atoms with van der Waals surface area (Å²) in [6.07, 6.45) is 2.52. The molecule has 0 spiro atoms. The lowest BCUT2D eigenvalue weighted by Gasteiger charge is -2.33. The minimum atomic E-state index is -0.245. The quantitative estimate of drug-likeness (QED) is 0.386. The van der Waals surface area contributed by atoms with E-state index in [0.717, 1.165) is 54.9 Å². The fraction of sp³-hybridized carbons (Fsp3) is 0.586. The molecule has 1 fully saturated rings. The van der Waals surface area contributed by atoms with Crippen LogP contribution >= 0.6 is 0 Å². The van der Waals surface area contributed by atoms with Gasteiger partial charge in [0.1, 0.15) is 12.3 Å². The predicted molar refractivity (Wildman–Crippen MR) is 150 cm³/mol. The maximum absolute atomic E-state index is 13.7. The van der Waals surface area contributed by atoms with E-state index in [2.05, 4.69) is 49.7 Å². The zero-order valence-corrected chi connectivity index (χ0v) is 24.3. The van der Waals surface area contributed by atoms with Crippen LogP contribution in [0.3, 0.4) is 0 Å². The van der Waals surface area contributed by atoms with E-state index in [1.807, 2.05) is 25.1 Å². The third-order valence-electron chi connectivity index (χ3n) is 7.27. The van der Waals surface area contributed by atoms with Crippen LogP contribution in [0.1, 0.15) is 75.9 Å². The normalized spacial score (nSPS) is 14.3. The summed E-state index contributed by atoms with van der Waals surface area (Å²) >= 11 is 0. The third kappa shape index (κ3) is 5.95. The molecule has 0 radical (unpaired) electrons. The molecule has 3 aromatic rings. The highest BCUT2D eigenvalue weighted by Gasteiger charge is 2.27. The number of rotatable bonds is 10. The molecule has 4 rings (SSSR count). The molecule has 0 aliphatic carbocycles. The lowest BCUT2D eigenvalue weighted by atomic mass is 9.84. The Labute approximate surface area is 230 Å². The average molecular weight is 539 g/mol. The summed E-state index contributed by atoms with van der Waals surface area (Å²) in [5.74, 6) is 1.16. The van der Waals surface area contributed by atoms with E-state index >= 15 is 0 Å². The van der Waals surface area contributed by atoms with Crippen LogP contribution in [-0.2, 0) is 23.1 Å². The van der Waals surface area contributed by atoms with Crippen molar-refractivity contribution in [1.29, 1.82) is 5.41 Å². The molecular formula is C29H42N6O4. The van der Waals surface area contributed by atoms with Crippen molar-refractivity contribution in [3.63, 3.8) is 0 Å². The number of ether oxygens (including phenoxy) is 3. The minimum Gasteiger partial charge on any atom is -0.494 e. The van der Waals surface area contributed by atoms with Gasteiger partial charge in [-0.2, -0.15) is 4.52 Å². The number of aryl methyl sites for hydroxylation is 1. The Kier molecular flexibility index (Phi) is 8.64. The topological polar surface area (TPSA) is 107 Å². The Morgan fingerprint density at radius 2 is 1.79 bits per heavy atom. The molecule has 0 atom stereocenters. The maximum atomic E-state index is 13.7. The van der Waals surface area contributed by atoms with E-state index in [1.165, 1.54) is 9.20 Å². The lowest BCUT2D eigenvalue weighted by molar-refractivity contribution is 0.0965. The average Bonchev–Trinajstić information content (AvgIpc) is 3.23. The number of ketones is 1. The first-order chi connectivity index (χ1) is 18.6. The van der Waals surface area contributed by atoms with Crippen LogP contribution in [0.5, 0.6) is 11.6 Å². The van der Waals surface area contributed by atoms with Crippen molar-refractivity contribution in [2.75, 3.05) is 38.3 Å². The van der Waals surface area contributed by atoms with Gasteiger partial charge in [-0.15, -0.1) is 10.2 Å². The van der Waals surface area contributed by atoms with Gasteiger partial charge in [0.25, 0.3) is 0 Å². The number of benzene rings is 1. The first kappa shape index (κ1) is 28.6. The van der Waals surface area contributed by atoms with Crippen molar-refractivity contribution in [3.05, 3.63) is 40.5 Å². The van der Waals surface area contributed by atoms with Crippen molar-refractivity contribution < 1.29 is 19.0 Å². The van der Waals surface area contributed by atoms with E-state index in [1.54, 1.807) is 7.11 Å². The van der Waals surface area contributed by atoms with E-state index in [4.69, 9.17) is 19.6 Å². The van der Waals surface area contributed by atoms with Crippen LogP contribution in [0, 0.1) is 5.41 Å². The van der Waals surface area contributed by atoms with E-state index in [-0.39, 0.29) is 29.5 Å². The maximum Gasteiger partial charge on any atom is 0.242 e. The van der Waals surface area contributed by atoms with E-state index in [9.17, 15) is 4.79 Å². The second-order valence-corrected chi connectivity index (χ2v) is 11.0. The third-order valence-corrected chi connectivity index (χ3v) is 7.27. The number of nitrogens with zero attached hydrogens (tertiary/aromatic N) is 5. The molecule has 212 valence electrons. The molecule has 1 aromatic carbocycles. The zero-order chi connectivity index (χ0) is 28.3. The Morgan fingerprint density at radius 3 is 2.38 bits per heavy atom. The molecule has 10 nitrogen and oxygen atoms in total. The van der Waals surface area contributed by atoms with Gasteiger partial charge >= 0.3 is 0 Å². The minimum absolute atomic E-state index is 0.0216. The van der Waals surface area contributed by atoms with Gasteiger partial charge in [0.05, 0.1) is 32.1 Å². The van der Waals surface area contributed by atoms with Gasteiger partial charge in [0.15, 0.2) is 11.4 Å². The van der Waals surface area contributed by atoms with Gasteiger partial charge in [-0.1, -0.05) is 41.5 Å². The fourth-order valence-corrected chi connectivity index (χ4v) is 4.88. The van der Waals surface area contributed by atoms with Crippen LogP contribution in [0.2, 0.25) is 0 Å². The molecule has 3 heterocycles. The predicted octanol–water partition coefficient (Wildman–Crippen LogP) is 4.17. The standard InChI is InChI=1S/C29H42N6O4/c1-8-19-17-25-31-34(28(30)35(25)32-27(19)39-21(9-2)10-3)18-24(36)20-15-22(29(4,5)6)26(37-7)23(16-20)33-11-13-38-14-12-33/h15-17,21,30H,8-14,18H2,1-7H3. The summed E-state index contributed by atoms with van der Waals surface area (Å²) in [5.41, 5.74) is 3.63. The largest absolute Gasteiger partial charge is 0.494 e. The number of Topliss-reactive ketones (excluding diaryl/α,β-unsaturated/α-hetero) is 1. The Bertz CT molecular complexity index is 1380. The fourth-order valence-electron chi connectivity index (χ4n) is 4.88. The second kappa shape index (κ2) is 11.8. The molecule has 1 aliphatic heterocycles. The van der Waals surface area contributed by atoms with Gasteiger partial charge in [0.2, 0.25) is 11.5 Å². The number of hydrogen-bond acceptors (Lipinski definition) is 8. The first-order valence-corrected chi connectivity index (χ1v) is 13.9. The number of methoxy groups -OCH3 is 1. The van der Waals surface area contributed by atoms with Gasteiger partial charge in [-0.3, -0.25) is 10.2 Å². The summed E-state index contributed by atoms with van der Waals surface area (Å²) in [7, 11) is 1.67. The Hall–Kier alpha value is -3.40. The molecule has 0 unspecified atom stereocenters. The Morgan fingerprint density at radius 1 is 1.10 bits per heavy atom.